The highest BCUT2D eigenvalue weighted by Gasteiger charge is 2.15. The molecule has 0 saturated heterocycles. The second-order valence-electron chi connectivity index (χ2n) is 2.89. The number of hydrogen-bond donors (Lipinski definition) is 0. The number of Topliss-reactive ketones (excluding diaryl/α,β-unsaturated/α-hetero) is 1. The first-order chi connectivity index (χ1) is 4.80. The Morgan fingerprint density at radius 2 is 1.90 bits per heavy atom. The van der Waals surface area contributed by atoms with Crippen LogP contribution >= 0.6 is 15.9 Å². The van der Waals surface area contributed by atoms with Crippen LogP contribution in [0.4, 0.5) is 0 Å². The molecule has 0 radical (unpaired) electrons. The highest BCUT2D eigenvalue weighted by Crippen LogP contribution is 2.19. The Balaban J connectivity index is 2.35. The Morgan fingerprint density at radius 3 is 2.70 bits per heavy atom. The molecule has 1 aliphatic carbocycles. The minimum atomic E-state index is 0.160. The van der Waals surface area contributed by atoms with Gasteiger partial charge in [-0.3, -0.25) is 4.79 Å². The maximum Gasteiger partial charge on any atom is 0.146 e. The zero-order valence-corrected chi connectivity index (χ0v) is 7.69. The normalized spacial score (nSPS) is 29.3. The second kappa shape index (κ2) is 4.12. The first-order valence-electron chi connectivity index (χ1n) is 3.97. The van der Waals surface area contributed by atoms with Gasteiger partial charge in [-0.15, -0.1) is 0 Å². The van der Waals surface area contributed by atoms with Crippen LogP contribution in [0.5, 0.6) is 0 Å². The molecule has 2 heteroatoms. The predicted molar refractivity (Wildman–Crippen MR) is 45.4 cm³/mol. The molecule has 10 heavy (non-hydrogen) atoms. The third kappa shape index (κ3) is 2.41. The van der Waals surface area contributed by atoms with E-state index in [-0.39, 0.29) is 4.83 Å². The summed E-state index contributed by atoms with van der Waals surface area (Å²) in [4.78, 5) is 11.3. The molecule has 1 aliphatic rings. The molecule has 0 aromatic rings. The SMILES string of the molecule is O=C1CCCCCC[C@@H]1Br. The number of carbonyl (C=O) groups excluding carboxylic acids is 1. The van der Waals surface area contributed by atoms with Crippen LogP contribution in [0.3, 0.4) is 0 Å². The van der Waals surface area contributed by atoms with E-state index in [0.29, 0.717) is 5.78 Å². The van der Waals surface area contributed by atoms with E-state index in [0.717, 1.165) is 19.3 Å². The van der Waals surface area contributed by atoms with Crippen molar-refractivity contribution >= 4 is 21.7 Å². The average Bonchev–Trinajstić information content (AvgIpc) is 1.92. The van der Waals surface area contributed by atoms with Crippen molar-refractivity contribution < 1.29 is 4.79 Å². The summed E-state index contributed by atoms with van der Waals surface area (Å²) in [5.41, 5.74) is 0. The van der Waals surface area contributed by atoms with E-state index < -0.39 is 0 Å². The molecule has 0 aliphatic heterocycles. The quantitative estimate of drug-likeness (QED) is 0.555. The van der Waals surface area contributed by atoms with E-state index in [1.54, 1.807) is 0 Å². The Hall–Kier alpha value is 0.150. The molecular weight excluding hydrogens is 192 g/mol. The Kier molecular flexibility index (Phi) is 3.40. The Bertz CT molecular complexity index is 122. The monoisotopic (exact) mass is 204 g/mol. The third-order valence-corrected chi connectivity index (χ3v) is 2.95. The minimum Gasteiger partial charge on any atom is -0.298 e. The molecule has 1 rings (SSSR count). The van der Waals surface area contributed by atoms with Crippen LogP contribution in [0.25, 0.3) is 0 Å². The van der Waals surface area contributed by atoms with Gasteiger partial charge in [0.05, 0.1) is 4.83 Å². The lowest BCUT2D eigenvalue weighted by Crippen LogP contribution is -2.15. The van der Waals surface area contributed by atoms with Crippen molar-refractivity contribution in [2.45, 2.75) is 43.4 Å². The van der Waals surface area contributed by atoms with Gasteiger partial charge in [0, 0.05) is 6.42 Å². The van der Waals surface area contributed by atoms with E-state index in [1.807, 2.05) is 0 Å². The van der Waals surface area contributed by atoms with E-state index in [4.69, 9.17) is 0 Å². The summed E-state index contributed by atoms with van der Waals surface area (Å²) >= 11 is 3.39. The van der Waals surface area contributed by atoms with Crippen molar-refractivity contribution in [1.82, 2.24) is 0 Å². The molecule has 0 aromatic carbocycles. The van der Waals surface area contributed by atoms with Crippen LogP contribution in [0, 0.1) is 0 Å². The summed E-state index contributed by atoms with van der Waals surface area (Å²) < 4.78 is 0. The van der Waals surface area contributed by atoms with Gasteiger partial charge < -0.3 is 0 Å². The molecule has 0 bridgehead atoms. The van der Waals surface area contributed by atoms with E-state index in [9.17, 15) is 4.79 Å². The maximum absolute atomic E-state index is 11.1. The molecule has 1 saturated carbocycles. The molecule has 0 N–H and O–H groups in total. The molecular formula is C8H13BrO. The van der Waals surface area contributed by atoms with Gasteiger partial charge >= 0.3 is 0 Å². The number of ketones is 1. The smallest absolute Gasteiger partial charge is 0.146 e. The number of hydrogen-bond acceptors (Lipinski definition) is 1. The van der Waals surface area contributed by atoms with Crippen LogP contribution in [-0.4, -0.2) is 10.6 Å². The molecule has 0 spiro atoms. The van der Waals surface area contributed by atoms with Gasteiger partial charge in [-0.1, -0.05) is 35.2 Å². The maximum atomic E-state index is 11.1. The van der Waals surface area contributed by atoms with E-state index >= 15 is 0 Å². The van der Waals surface area contributed by atoms with E-state index in [2.05, 4.69) is 15.9 Å². The summed E-state index contributed by atoms with van der Waals surface area (Å²) in [5.74, 6) is 0.403. The topological polar surface area (TPSA) is 17.1 Å². The molecule has 1 fully saturated rings. The van der Waals surface area contributed by atoms with Gasteiger partial charge in [-0.05, 0) is 12.8 Å². The first-order valence-corrected chi connectivity index (χ1v) is 4.89. The number of halogens is 1. The van der Waals surface area contributed by atoms with Crippen LogP contribution in [0.1, 0.15) is 38.5 Å². The fraction of sp³-hybridized carbons (Fsp3) is 0.875. The van der Waals surface area contributed by atoms with Crippen molar-refractivity contribution in [3.63, 3.8) is 0 Å². The zero-order valence-electron chi connectivity index (χ0n) is 6.11. The second-order valence-corrected chi connectivity index (χ2v) is 3.99. The van der Waals surface area contributed by atoms with Crippen molar-refractivity contribution in [3.05, 3.63) is 0 Å². The van der Waals surface area contributed by atoms with Crippen LogP contribution < -0.4 is 0 Å². The van der Waals surface area contributed by atoms with Crippen molar-refractivity contribution in [2.75, 3.05) is 0 Å². The molecule has 0 amide bonds. The van der Waals surface area contributed by atoms with E-state index in [1.165, 1.54) is 19.3 Å². The molecule has 0 aromatic heterocycles. The van der Waals surface area contributed by atoms with Crippen molar-refractivity contribution in [1.29, 1.82) is 0 Å². The molecule has 0 heterocycles. The highest BCUT2D eigenvalue weighted by atomic mass is 79.9. The summed E-state index contributed by atoms with van der Waals surface area (Å²) in [5, 5.41) is 0. The summed E-state index contributed by atoms with van der Waals surface area (Å²) in [6.07, 6.45) is 6.68. The first kappa shape index (κ1) is 8.25. The lowest BCUT2D eigenvalue weighted by Gasteiger charge is -2.11. The predicted octanol–water partition coefficient (Wildman–Crippen LogP) is 2.67. The van der Waals surface area contributed by atoms with Crippen molar-refractivity contribution in [3.8, 4) is 0 Å². The number of alkyl halides is 1. The zero-order chi connectivity index (χ0) is 7.40. The number of rotatable bonds is 0. The average molecular weight is 205 g/mol. The van der Waals surface area contributed by atoms with Crippen LogP contribution in [0.2, 0.25) is 0 Å². The summed E-state index contributed by atoms with van der Waals surface area (Å²) in [6, 6.07) is 0. The Labute approximate surface area is 70.3 Å². The van der Waals surface area contributed by atoms with Gasteiger partial charge in [-0.2, -0.15) is 0 Å². The highest BCUT2D eigenvalue weighted by molar-refractivity contribution is 9.10. The Morgan fingerprint density at radius 1 is 1.20 bits per heavy atom. The van der Waals surface area contributed by atoms with Gasteiger partial charge in [0.1, 0.15) is 5.78 Å². The van der Waals surface area contributed by atoms with Gasteiger partial charge in [-0.25, -0.2) is 0 Å². The number of carbonyl (C=O) groups is 1. The fourth-order valence-electron chi connectivity index (χ4n) is 1.29. The van der Waals surface area contributed by atoms with Crippen molar-refractivity contribution in [2.24, 2.45) is 0 Å². The summed E-state index contributed by atoms with van der Waals surface area (Å²) in [6.45, 7) is 0. The van der Waals surface area contributed by atoms with Gasteiger partial charge in [0.2, 0.25) is 0 Å². The largest absolute Gasteiger partial charge is 0.298 e. The molecule has 1 atom stereocenters. The van der Waals surface area contributed by atoms with Crippen LogP contribution in [-0.2, 0) is 4.79 Å². The van der Waals surface area contributed by atoms with Gasteiger partial charge in [0.15, 0.2) is 0 Å². The summed E-state index contributed by atoms with van der Waals surface area (Å²) in [7, 11) is 0. The van der Waals surface area contributed by atoms with Gasteiger partial charge in [0.25, 0.3) is 0 Å². The standard InChI is InChI=1S/C8H13BrO/c9-7-5-3-1-2-4-6-8(7)10/h7H,1-6H2/t7-/m0/s1. The molecule has 1 nitrogen and oxygen atoms in total. The van der Waals surface area contributed by atoms with Crippen LogP contribution in [0.15, 0.2) is 0 Å². The lowest BCUT2D eigenvalue weighted by molar-refractivity contribution is -0.118. The lowest BCUT2D eigenvalue weighted by atomic mass is 10.00. The minimum absolute atomic E-state index is 0.160. The molecule has 0 unspecified atom stereocenters. The fourth-order valence-corrected chi connectivity index (χ4v) is 1.85. The third-order valence-electron chi connectivity index (χ3n) is 1.98. The molecule has 58 valence electrons.